The number of hydrogen-bond acceptors (Lipinski definition) is 1. The van der Waals surface area contributed by atoms with Gasteiger partial charge in [0.1, 0.15) is 0 Å². The Hall–Kier alpha value is -0.300. The van der Waals surface area contributed by atoms with Gasteiger partial charge in [-0.2, -0.15) is 0 Å². The number of hydrogen-bond donors (Lipinski definition) is 1. The van der Waals surface area contributed by atoms with Crippen LogP contribution in [-0.4, -0.2) is 11.2 Å². The lowest BCUT2D eigenvalue weighted by Crippen LogP contribution is -2.37. The molecule has 2 rings (SSSR count). The first-order valence-electron chi connectivity index (χ1n) is 5.74. The zero-order valence-electron chi connectivity index (χ0n) is 9.59. The van der Waals surface area contributed by atoms with Crippen molar-refractivity contribution in [1.29, 1.82) is 0 Å². The minimum absolute atomic E-state index is 0.116. The lowest BCUT2D eigenvalue weighted by molar-refractivity contribution is -0.00957. The molecule has 1 N–H and O–H groups in total. The maximum atomic E-state index is 10.4. The summed E-state index contributed by atoms with van der Waals surface area (Å²) >= 11 is 0. The predicted molar refractivity (Wildman–Crippen MR) is 58.9 cm³/mol. The van der Waals surface area contributed by atoms with Crippen LogP contribution < -0.4 is 0 Å². The van der Waals surface area contributed by atoms with E-state index < -0.39 is 0 Å². The summed E-state index contributed by atoms with van der Waals surface area (Å²) in [5, 5.41) is 10.4. The Morgan fingerprint density at radius 3 is 2.50 bits per heavy atom. The maximum absolute atomic E-state index is 10.4. The molecule has 0 saturated heterocycles. The highest BCUT2D eigenvalue weighted by Gasteiger charge is 2.65. The van der Waals surface area contributed by atoms with Crippen molar-refractivity contribution in [2.75, 3.05) is 0 Å². The number of allylic oxidation sites excluding steroid dienone is 1. The van der Waals surface area contributed by atoms with Crippen LogP contribution in [0, 0.1) is 22.7 Å². The zero-order valence-corrected chi connectivity index (χ0v) is 9.59. The van der Waals surface area contributed by atoms with Gasteiger partial charge in [-0.3, -0.25) is 0 Å². The first kappa shape index (κ1) is 10.2. The molecule has 80 valence electrons. The van der Waals surface area contributed by atoms with Crippen molar-refractivity contribution in [1.82, 2.24) is 0 Å². The number of rotatable bonds is 2. The van der Waals surface area contributed by atoms with E-state index in [9.17, 15) is 5.11 Å². The highest BCUT2D eigenvalue weighted by Crippen LogP contribution is 2.68. The highest BCUT2D eigenvalue weighted by molar-refractivity contribution is 5.14. The molecule has 2 bridgehead atoms. The fourth-order valence-corrected chi connectivity index (χ4v) is 4.02. The molecule has 2 saturated carbocycles. The van der Waals surface area contributed by atoms with Gasteiger partial charge >= 0.3 is 0 Å². The second kappa shape index (κ2) is 2.85. The molecule has 0 amide bonds. The molecule has 4 unspecified atom stereocenters. The fourth-order valence-electron chi connectivity index (χ4n) is 4.02. The van der Waals surface area contributed by atoms with Crippen molar-refractivity contribution in [2.24, 2.45) is 22.7 Å². The molecule has 2 fully saturated rings. The van der Waals surface area contributed by atoms with Crippen LogP contribution in [-0.2, 0) is 0 Å². The minimum atomic E-state index is -0.116. The Balaban J connectivity index is 2.33. The average molecular weight is 194 g/mol. The standard InChI is InChI=1S/C13H22O/c1-5-6-9-10-7-8-13(4,11(9)14)12(10,2)3/h5,9-11,14H,1,6-8H2,2-4H3. The Morgan fingerprint density at radius 1 is 1.43 bits per heavy atom. The highest BCUT2D eigenvalue weighted by atomic mass is 16.3. The third-order valence-electron chi connectivity index (χ3n) is 5.39. The van der Waals surface area contributed by atoms with Gasteiger partial charge in [-0.15, -0.1) is 6.58 Å². The van der Waals surface area contributed by atoms with Gasteiger partial charge in [0.2, 0.25) is 0 Å². The third kappa shape index (κ3) is 0.942. The third-order valence-corrected chi connectivity index (χ3v) is 5.39. The van der Waals surface area contributed by atoms with E-state index in [0.717, 1.165) is 6.42 Å². The van der Waals surface area contributed by atoms with E-state index in [1.165, 1.54) is 12.8 Å². The van der Waals surface area contributed by atoms with E-state index in [1.54, 1.807) is 0 Å². The van der Waals surface area contributed by atoms with Crippen molar-refractivity contribution in [3.63, 3.8) is 0 Å². The Morgan fingerprint density at radius 2 is 2.07 bits per heavy atom. The van der Waals surface area contributed by atoms with E-state index in [-0.39, 0.29) is 11.5 Å². The molecule has 0 heterocycles. The van der Waals surface area contributed by atoms with Crippen LogP contribution in [0.4, 0.5) is 0 Å². The van der Waals surface area contributed by atoms with Gasteiger partial charge in [0.15, 0.2) is 0 Å². The Bertz CT molecular complexity index is 256. The van der Waals surface area contributed by atoms with Gasteiger partial charge in [-0.05, 0) is 41.9 Å². The first-order valence-corrected chi connectivity index (χ1v) is 5.74. The van der Waals surface area contributed by atoms with Crippen molar-refractivity contribution >= 4 is 0 Å². The van der Waals surface area contributed by atoms with E-state index in [2.05, 4.69) is 27.4 Å². The summed E-state index contributed by atoms with van der Waals surface area (Å²) in [5.41, 5.74) is 0.450. The van der Waals surface area contributed by atoms with Crippen molar-refractivity contribution in [3.05, 3.63) is 12.7 Å². The fraction of sp³-hybridized carbons (Fsp3) is 0.846. The SMILES string of the molecule is C=CCC1C2CCC(C)(C1O)C2(C)C. The Kier molecular flexibility index (Phi) is 2.08. The molecule has 4 atom stereocenters. The molecule has 2 aliphatic rings. The molecule has 0 spiro atoms. The zero-order chi connectivity index (χ0) is 10.6. The second-order valence-electron chi connectivity index (χ2n) is 5.92. The summed E-state index contributed by atoms with van der Waals surface area (Å²) in [5.74, 6) is 1.15. The average Bonchev–Trinajstić information content (AvgIpc) is 2.41. The van der Waals surface area contributed by atoms with Crippen LogP contribution >= 0.6 is 0 Å². The van der Waals surface area contributed by atoms with Crippen LogP contribution in [0.3, 0.4) is 0 Å². The predicted octanol–water partition coefficient (Wildman–Crippen LogP) is 3.00. The van der Waals surface area contributed by atoms with Crippen LogP contribution in [0.15, 0.2) is 12.7 Å². The van der Waals surface area contributed by atoms with E-state index in [4.69, 9.17) is 0 Å². The number of fused-ring (bicyclic) bond motifs is 2. The molecule has 14 heavy (non-hydrogen) atoms. The van der Waals surface area contributed by atoms with E-state index in [0.29, 0.717) is 17.3 Å². The molecule has 0 aromatic heterocycles. The summed E-state index contributed by atoms with van der Waals surface area (Å²) in [6.45, 7) is 10.7. The van der Waals surface area contributed by atoms with Gasteiger partial charge in [0, 0.05) is 0 Å². The molecule has 2 aliphatic carbocycles. The maximum Gasteiger partial charge on any atom is 0.0632 e. The molecular formula is C13H22O. The molecule has 0 aliphatic heterocycles. The minimum Gasteiger partial charge on any atom is -0.392 e. The molecule has 0 aromatic carbocycles. The molecular weight excluding hydrogens is 172 g/mol. The summed E-state index contributed by atoms with van der Waals surface area (Å²) < 4.78 is 0. The first-order chi connectivity index (χ1) is 6.45. The molecule has 0 aromatic rings. The monoisotopic (exact) mass is 194 g/mol. The molecule has 1 heteroatoms. The van der Waals surface area contributed by atoms with Gasteiger partial charge in [0.25, 0.3) is 0 Å². The van der Waals surface area contributed by atoms with Crippen LogP contribution in [0.1, 0.15) is 40.0 Å². The summed E-state index contributed by atoms with van der Waals surface area (Å²) in [6.07, 6.45) is 5.31. The lowest BCUT2D eigenvalue weighted by atomic mass is 9.70. The number of aliphatic hydroxyl groups is 1. The van der Waals surface area contributed by atoms with Gasteiger partial charge < -0.3 is 5.11 Å². The van der Waals surface area contributed by atoms with Gasteiger partial charge in [-0.1, -0.05) is 26.8 Å². The van der Waals surface area contributed by atoms with Gasteiger partial charge in [-0.25, -0.2) is 0 Å². The molecule has 0 radical (unpaired) electrons. The normalized spacial score (nSPS) is 49.6. The van der Waals surface area contributed by atoms with E-state index >= 15 is 0 Å². The van der Waals surface area contributed by atoms with Crippen LogP contribution in [0.25, 0.3) is 0 Å². The van der Waals surface area contributed by atoms with Crippen LogP contribution in [0.5, 0.6) is 0 Å². The summed E-state index contributed by atoms with van der Waals surface area (Å²) in [6, 6.07) is 0. The van der Waals surface area contributed by atoms with Crippen LogP contribution in [0.2, 0.25) is 0 Å². The smallest absolute Gasteiger partial charge is 0.0632 e. The molecule has 1 nitrogen and oxygen atoms in total. The quantitative estimate of drug-likeness (QED) is 0.670. The van der Waals surface area contributed by atoms with Crippen molar-refractivity contribution in [3.8, 4) is 0 Å². The van der Waals surface area contributed by atoms with Gasteiger partial charge in [0.05, 0.1) is 6.10 Å². The topological polar surface area (TPSA) is 20.2 Å². The number of aliphatic hydroxyl groups excluding tert-OH is 1. The van der Waals surface area contributed by atoms with E-state index in [1.807, 2.05) is 6.08 Å². The second-order valence-corrected chi connectivity index (χ2v) is 5.92. The van der Waals surface area contributed by atoms with Crippen molar-refractivity contribution in [2.45, 2.75) is 46.1 Å². The summed E-state index contributed by atoms with van der Waals surface area (Å²) in [7, 11) is 0. The Labute approximate surface area is 87.2 Å². The summed E-state index contributed by atoms with van der Waals surface area (Å²) in [4.78, 5) is 0. The largest absolute Gasteiger partial charge is 0.392 e. The van der Waals surface area contributed by atoms with Crippen molar-refractivity contribution < 1.29 is 5.11 Å². The lowest BCUT2D eigenvalue weighted by Gasteiger charge is -2.37.